The zero-order chi connectivity index (χ0) is 15.8. The number of nitrogens with zero attached hydrogens (tertiary/aromatic N) is 1. The minimum atomic E-state index is 0.118. The molecule has 2 rings (SSSR count). The highest BCUT2D eigenvalue weighted by Gasteiger charge is 2.21. The fraction of sp³-hybridized carbons (Fsp3) is 0.611. The van der Waals surface area contributed by atoms with Crippen LogP contribution in [0.5, 0.6) is 0 Å². The highest BCUT2D eigenvalue weighted by Crippen LogP contribution is 2.20. The Bertz CT molecular complexity index is 455. The molecular weight excluding hydrogens is 292 g/mol. The summed E-state index contributed by atoms with van der Waals surface area (Å²) >= 11 is 1.91. The van der Waals surface area contributed by atoms with Crippen molar-refractivity contribution in [1.29, 1.82) is 0 Å². The molecule has 1 aromatic carbocycles. The molecule has 0 saturated carbocycles. The number of rotatable bonds is 7. The maximum absolute atomic E-state index is 12.4. The molecule has 122 valence electrons. The molecule has 1 atom stereocenters. The number of carbonyl (C=O) groups excluding carboxylic acids is 1. The molecular formula is C18H28N2OS. The van der Waals surface area contributed by atoms with Gasteiger partial charge in [-0.25, -0.2) is 0 Å². The van der Waals surface area contributed by atoms with E-state index in [-0.39, 0.29) is 5.92 Å². The first-order chi connectivity index (χ1) is 10.7. The molecule has 0 radical (unpaired) electrons. The van der Waals surface area contributed by atoms with Crippen molar-refractivity contribution in [3.8, 4) is 0 Å². The number of hydrogen-bond acceptors (Lipinski definition) is 3. The monoisotopic (exact) mass is 320 g/mol. The van der Waals surface area contributed by atoms with Crippen molar-refractivity contribution in [2.75, 3.05) is 31.9 Å². The molecule has 1 amide bonds. The number of nitrogens with one attached hydrogen (secondary N) is 1. The fourth-order valence-electron chi connectivity index (χ4n) is 2.68. The summed E-state index contributed by atoms with van der Waals surface area (Å²) < 4.78 is 0. The lowest BCUT2D eigenvalue weighted by molar-refractivity contribution is -0.135. The Morgan fingerprint density at radius 3 is 2.59 bits per heavy atom. The Morgan fingerprint density at radius 2 is 1.95 bits per heavy atom. The summed E-state index contributed by atoms with van der Waals surface area (Å²) in [4.78, 5) is 15.7. The molecule has 1 saturated heterocycles. The van der Waals surface area contributed by atoms with Gasteiger partial charge >= 0.3 is 0 Å². The molecule has 1 heterocycles. The van der Waals surface area contributed by atoms with Gasteiger partial charge in [-0.3, -0.25) is 4.79 Å². The Morgan fingerprint density at radius 1 is 1.27 bits per heavy atom. The van der Waals surface area contributed by atoms with Crippen LogP contribution in [0.25, 0.3) is 0 Å². The van der Waals surface area contributed by atoms with Crippen molar-refractivity contribution in [3.63, 3.8) is 0 Å². The third-order valence-electron chi connectivity index (χ3n) is 4.11. The van der Waals surface area contributed by atoms with Crippen molar-refractivity contribution in [2.45, 2.75) is 38.0 Å². The summed E-state index contributed by atoms with van der Waals surface area (Å²) in [5.41, 5.74) is 1.33. The van der Waals surface area contributed by atoms with Gasteiger partial charge in [0.2, 0.25) is 5.91 Å². The summed E-state index contributed by atoms with van der Waals surface area (Å²) in [6, 6.07) is 8.83. The second-order valence-corrected chi connectivity index (χ2v) is 7.18. The van der Waals surface area contributed by atoms with E-state index >= 15 is 0 Å². The molecule has 1 N–H and O–H groups in total. The Labute approximate surface area is 138 Å². The molecule has 1 aliphatic heterocycles. The zero-order valence-electron chi connectivity index (χ0n) is 13.8. The Kier molecular flexibility index (Phi) is 7.26. The van der Waals surface area contributed by atoms with E-state index in [4.69, 9.17) is 0 Å². The van der Waals surface area contributed by atoms with Crippen LogP contribution in [0.2, 0.25) is 0 Å². The SMILES string of the molecule is CCCSc1ccc(CCC(C)C(=O)N2CCNCC2)cc1. The first-order valence-electron chi connectivity index (χ1n) is 8.42. The van der Waals surface area contributed by atoms with Gasteiger partial charge in [-0.15, -0.1) is 11.8 Å². The molecule has 0 aromatic heterocycles. The van der Waals surface area contributed by atoms with Crippen LogP contribution in [0.1, 0.15) is 32.3 Å². The number of hydrogen-bond donors (Lipinski definition) is 1. The van der Waals surface area contributed by atoms with Crippen LogP contribution < -0.4 is 5.32 Å². The quantitative estimate of drug-likeness (QED) is 0.783. The number of amides is 1. The predicted octanol–water partition coefficient (Wildman–Crippen LogP) is 3.19. The second kappa shape index (κ2) is 9.21. The van der Waals surface area contributed by atoms with E-state index in [0.29, 0.717) is 5.91 Å². The van der Waals surface area contributed by atoms with Gasteiger partial charge in [0.15, 0.2) is 0 Å². The number of piperazine rings is 1. The lowest BCUT2D eigenvalue weighted by atomic mass is 9.99. The van der Waals surface area contributed by atoms with Crippen LogP contribution in [0.4, 0.5) is 0 Å². The third kappa shape index (κ3) is 5.33. The van der Waals surface area contributed by atoms with Crippen molar-refractivity contribution in [1.82, 2.24) is 10.2 Å². The Hall–Kier alpha value is -1.00. The largest absolute Gasteiger partial charge is 0.340 e. The van der Waals surface area contributed by atoms with Crippen LogP contribution in [0.3, 0.4) is 0 Å². The van der Waals surface area contributed by atoms with Gasteiger partial charge in [0.1, 0.15) is 0 Å². The molecule has 1 aliphatic rings. The topological polar surface area (TPSA) is 32.3 Å². The zero-order valence-corrected chi connectivity index (χ0v) is 14.6. The normalized spacial score (nSPS) is 16.5. The number of benzene rings is 1. The van der Waals surface area contributed by atoms with Crippen LogP contribution in [0.15, 0.2) is 29.2 Å². The standard InChI is InChI=1S/C18H28N2OS/c1-3-14-22-17-8-6-16(7-9-17)5-4-15(2)18(21)20-12-10-19-11-13-20/h6-9,15,19H,3-5,10-14H2,1-2H3. The summed E-state index contributed by atoms with van der Waals surface area (Å²) in [7, 11) is 0. The molecule has 3 nitrogen and oxygen atoms in total. The maximum Gasteiger partial charge on any atom is 0.225 e. The van der Waals surface area contributed by atoms with E-state index in [1.807, 2.05) is 16.7 Å². The third-order valence-corrected chi connectivity index (χ3v) is 5.33. The molecule has 0 aliphatic carbocycles. The van der Waals surface area contributed by atoms with Crippen LogP contribution in [-0.4, -0.2) is 42.7 Å². The molecule has 22 heavy (non-hydrogen) atoms. The van der Waals surface area contributed by atoms with Gasteiger partial charge in [0.25, 0.3) is 0 Å². The van der Waals surface area contributed by atoms with Gasteiger partial charge in [-0.1, -0.05) is 26.0 Å². The van der Waals surface area contributed by atoms with Gasteiger partial charge in [0.05, 0.1) is 0 Å². The summed E-state index contributed by atoms with van der Waals surface area (Å²) in [5, 5.41) is 3.29. The van der Waals surface area contributed by atoms with Gasteiger partial charge in [-0.2, -0.15) is 0 Å². The van der Waals surface area contributed by atoms with Gasteiger partial charge in [-0.05, 0) is 42.7 Å². The minimum Gasteiger partial charge on any atom is -0.340 e. The molecule has 0 spiro atoms. The van der Waals surface area contributed by atoms with E-state index in [1.54, 1.807) is 0 Å². The van der Waals surface area contributed by atoms with Crippen LogP contribution in [-0.2, 0) is 11.2 Å². The molecule has 1 aromatic rings. The lowest BCUT2D eigenvalue weighted by Gasteiger charge is -2.29. The summed E-state index contributed by atoms with van der Waals surface area (Å²) in [6.07, 6.45) is 3.12. The van der Waals surface area contributed by atoms with Crippen molar-refractivity contribution >= 4 is 17.7 Å². The smallest absolute Gasteiger partial charge is 0.225 e. The molecule has 4 heteroatoms. The molecule has 1 unspecified atom stereocenters. The average molecular weight is 321 g/mol. The van der Waals surface area contributed by atoms with Crippen LogP contribution in [0, 0.1) is 5.92 Å². The first kappa shape index (κ1) is 17.4. The van der Waals surface area contributed by atoms with E-state index < -0.39 is 0 Å². The number of aryl methyl sites for hydroxylation is 1. The number of thioether (sulfide) groups is 1. The lowest BCUT2D eigenvalue weighted by Crippen LogP contribution is -2.48. The van der Waals surface area contributed by atoms with E-state index in [2.05, 4.69) is 43.4 Å². The van der Waals surface area contributed by atoms with E-state index in [0.717, 1.165) is 39.0 Å². The highest BCUT2D eigenvalue weighted by molar-refractivity contribution is 7.99. The second-order valence-electron chi connectivity index (χ2n) is 6.01. The van der Waals surface area contributed by atoms with Crippen molar-refractivity contribution in [2.24, 2.45) is 5.92 Å². The summed E-state index contributed by atoms with van der Waals surface area (Å²) in [5.74, 6) is 1.61. The summed E-state index contributed by atoms with van der Waals surface area (Å²) in [6.45, 7) is 7.83. The fourth-order valence-corrected chi connectivity index (χ4v) is 3.44. The average Bonchev–Trinajstić information content (AvgIpc) is 2.58. The van der Waals surface area contributed by atoms with Gasteiger partial charge < -0.3 is 10.2 Å². The number of carbonyl (C=O) groups is 1. The predicted molar refractivity (Wildman–Crippen MR) is 94.4 cm³/mol. The first-order valence-corrected chi connectivity index (χ1v) is 9.40. The molecule has 0 bridgehead atoms. The van der Waals surface area contributed by atoms with E-state index in [9.17, 15) is 4.79 Å². The maximum atomic E-state index is 12.4. The molecule has 1 fully saturated rings. The minimum absolute atomic E-state index is 0.118. The Balaban J connectivity index is 1.77. The van der Waals surface area contributed by atoms with Gasteiger partial charge in [0, 0.05) is 37.0 Å². The van der Waals surface area contributed by atoms with Crippen LogP contribution >= 0.6 is 11.8 Å². The van der Waals surface area contributed by atoms with E-state index in [1.165, 1.54) is 22.6 Å². The van der Waals surface area contributed by atoms with Crippen molar-refractivity contribution < 1.29 is 4.79 Å². The highest BCUT2D eigenvalue weighted by atomic mass is 32.2. The van der Waals surface area contributed by atoms with Crippen molar-refractivity contribution in [3.05, 3.63) is 29.8 Å².